The van der Waals surface area contributed by atoms with Crippen molar-refractivity contribution >= 4 is 21.4 Å². The van der Waals surface area contributed by atoms with Crippen molar-refractivity contribution in [2.75, 3.05) is 0 Å². The first-order chi connectivity index (χ1) is 8.66. The Balaban J connectivity index is 1.84. The van der Waals surface area contributed by atoms with Gasteiger partial charge in [-0.3, -0.25) is 0 Å². The topological polar surface area (TPSA) is 20.2 Å². The van der Waals surface area contributed by atoms with Gasteiger partial charge in [0.1, 0.15) is 0 Å². The summed E-state index contributed by atoms with van der Waals surface area (Å²) in [6.07, 6.45) is 5.07. The van der Waals surface area contributed by atoms with Gasteiger partial charge in [0.2, 0.25) is 0 Å². The van der Waals surface area contributed by atoms with Crippen LogP contribution in [0.4, 0.5) is 0 Å². The first-order valence-electron chi connectivity index (χ1n) is 6.84. The van der Waals surface area contributed by atoms with Crippen LogP contribution in [0.1, 0.15) is 38.2 Å². The van der Waals surface area contributed by atoms with Gasteiger partial charge >= 0.3 is 0 Å². The number of hydrogen-bond acceptors (Lipinski definition) is 2. The van der Waals surface area contributed by atoms with Crippen LogP contribution < -0.4 is 0 Å². The monoisotopic (exact) mass is 260 g/mol. The molecular formula is C16H20OS. The fourth-order valence-electron chi connectivity index (χ4n) is 3.00. The predicted octanol–water partition coefficient (Wildman–Crippen LogP) is 4.39. The minimum Gasteiger partial charge on any atom is -0.390 e. The van der Waals surface area contributed by atoms with Crippen molar-refractivity contribution in [1.29, 1.82) is 0 Å². The number of benzene rings is 1. The zero-order valence-corrected chi connectivity index (χ0v) is 11.7. The largest absolute Gasteiger partial charge is 0.390 e. The maximum Gasteiger partial charge on any atom is 0.0688 e. The lowest BCUT2D eigenvalue weighted by Gasteiger charge is -2.34. The smallest absolute Gasteiger partial charge is 0.0688 e. The van der Waals surface area contributed by atoms with Crippen molar-refractivity contribution in [3.63, 3.8) is 0 Å². The molecule has 0 atom stereocenters. The number of hydrogen-bond donors (Lipinski definition) is 1. The molecule has 96 valence electrons. The lowest BCUT2D eigenvalue weighted by molar-refractivity contribution is -0.00634. The van der Waals surface area contributed by atoms with Crippen LogP contribution in [0.25, 0.3) is 10.1 Å². The zero-order chi connectivity index (χ0) is 12.6. The number of aliphatic hydroxyl groups is 1. The van der Waals surface area contributed by atoms with Crippen LogP contribution >= 0.6 is 11.3 Å². The first kappa shape index (κ1) is 12.2. The van der Waals surface area contributed by atoms with Crippen LogP contribution in [-0.2, 0) is 6.42 Å². The van der Waals surface area contributed by atoms with Gasteiger partial charge in [-0.05, 0) is 54.0 Å². The van der Waals surface area contributed by atoms with Crippen LogP contribution in [0.5, 0.6) is 0 Å². The molecule has 2 aromatic rings. The van der Waals surface area contributed by atoms with E-state index in [9.17, 15) is 5.11 Å². The summed E-state index contributed by atoms with van der Waals surface area (Å²) in [6, 6.07) is 8.51. The molecule has 0 aliphatic heterocycles. The van der Waals surface area contributed by atoms with Crippen molar-refractivity contribution in [3.8, 4) is 0 Å². The summed E-state index contributed by atoms with van der Waals surface area (Å²) in [5.41, 5.74) is 0.865. The van der Waals surface area contributed by atoms with Crippen molar-refractivity contribution in [2.24, 2.45) is 5.92 Å². The Kier molecular flexibility index (Phi) is 3.16. The molecule has 1 aliphatic carbocycles. The van der Waals surface area contributed by atoms with E-state index in [4.69, 9.17) is 0 Å². The molecule has 1 aromatic heterocycles. The van der Waals surface area contributed by atoms with Gasteiger partial charge in [-0.15, -0.1) is 11.3 Å². The van der Waals surface area contributed by atoms with Crippen molar-refractivity contribution in [2.45, 2.75) is 44.6 Å². The molecule has 0 unspecified atom stereocenters. The number of rotatable bonds is 2. The summed E-state index contributed by atoms with van der Waals surface area (Å²) < 4.78 is 1.33. The molecule has 2 heteroatoms. The Bertz CT molecular complexity index is 535. The standard InChI is InChI=1S/C16H20OS/c1-12-6-8-16(17,9-7-12)10-13-11-18-15-5-3-2-4-14(13)15/h2-5,11-12,17H,6-10H2,1H3. The Labute approximate surface area is 112 Å². The molecule has 1 aromatic carbocycles. The highest BCUT2D eigenvalue weighted by Gasteiger charge is 2.32. The molecule has 1 heterocycles. The Morgan fingerprint density at radius 1 is 1.28 bits per heavy atom. The molecular weight excluding hydrogens is 240 g/mol. The summed E-state index contributed by atoms with van der Waals surface area (Å²) in [7, 11) is 0. The minimum atomic E-state index is -0.462. The molecule has 0 amide bonds. The Morgan fingerprint density at radius 3 is 2.78 bits per heavy atom. The Morgan fingerprint density at radius 2 is 2.00 bits per heavy atom. The average Bonchev–Trinajstić information content (AvgIpc) is 2.77. The predicted molar refractivity (Wildman–Crippen MR) is 78.1 cm³/mol. The summed E-state index contributed by atoms with van der Waals surface area (Å²) in [5, 5.41) is 14.3. The first-order valence-corrected chi connectivity index (χ1v) is 7.72. The van der Waals surface area contributed by atoms with E-state index < -0.39 is 5.60 Å². The van der Waals surface area contributed by atoms with E-state index >= 15 is 0 Å². The summed E-state index contributed by atoms with van der Waals surface area (Å²) in [4.78, 5) is 0. The van der Waals surface area contributed by atoms with Gasteiger partial charge < -0.3 is 5.11 Å². The zero-order valence-electron chi connectivity index (χ0n) is 10.9. The third kappa shape index (κ3) is 2.32. The van der Waals surface area contributed by atoms with E-state index in [-0.39, 0.29) is 0 Å². The second kappa shape index (κ2) is 4.67. The van der Waals surface area contributed by atoms with E-state index in [0.29, 0.717) is 0 Å². The van der Waals surface area contributed by atoms with Crippen molar-refractivity contribution in [1.82, 2.24) is 0 Å². The van der Waals surface area contributed by atoms with Gasteiger partial charge in [-0.1, -0.05) is 25.1 Å². The quantitative estimate of drug-likeness (QED) is 0.849. The number of fused-ring (bicyclic) bond motifs is 1. The van der Waals surface area contributed by atoms with Crippen molar-refractivity contribution < 1.29 is 5.11 Å². The molecule has 18 heavy (non-hydrogen) atoms. The maximum absolute atomic E-state index is 10.7. The van der Waals surface area contributed by atoms with E-state index in [1.165, 1.54) is 28.5 Å². The molecule has 1 N–H and O–H groups in total. The molecule has 1 saturated carbocycles. The minimum absolute atomic E-state index is 0.462. The highest BCUT2D eigenvalue weighted by molar-refractivity contribution is 7.17. The molecule has 1 aliphatic rings. The lowest BCUT2D eigenvalue weighted by atomic mass is 9.76. The molecule has 1 fully saturated rings. The van der Waals surface area contributed by atoms with Gasteiger partial charge in [0.25, 0.3) is 0 Å². The average molecular weight is 260 g/mol. The van der Waals surface area contributed by atoms with Crippen LogP contribution in [0, 0.1) is 5.92 Å². The van der Waals surface area contributed by atoms with Crippen molar-refractivity contribution in [3.05, 3.63) is 35.2 Å². The highest BCUT2D eigenvalue weighted by atomic mass is 32.1. The van der Waals surface area contributed by atoms with Gasteiger partial charge in [-0.2, -0.15) is 0 Å². The summed E-state index contributed by atoms with van der Waals surface area (Å²) in [5.74, 6) is 0.782. The van der Waals surface area contributed by atoms with Crippen LogP contribution in [-0.4, -0.2) is 10.7 Å². The van der Waals surface area contributed by atoms with E-state index in [0.717, 1.165) is 25.2 Å². The Hall–Kier alpha value is -0.860. The molecule has 0 bridgehead atoms. The fourth-order valence-corrected chi connectivity index (χ4v) is 3.96. The van der Waals surface area contributed by atoms with Gasteiger partial charge in [0.05, 0.1) is 5.60 Å². The third-order valence-corrected chi connectivity index (χ3v) is 5.30. The summed E-state index contributed by atoms with van der Waals surface area (Å²) >= 11 is 1.79. The molecule has 1 nitrogen and oxygen atoms in total. The van der Waals surface area contributed by atoms with Gasteiger partial charge in [0.15, 0.2) is 0 Å². The normalized spacial score (nSPS) is 28.7. The van der Waals surface area contributed by atoms with Crippen LogP contribution in [0.15, 0.2) is 29.6 Å². The molecule has 0 saturated heterocycles. The third-order valence-electron chi connectivity index (χ3n) is 4.29. The number of thiophene rings is 1. The molecule has 0 radical (unpaired) electrons. The van der Waals surface area contributed by atoms with Crippen LogP contribution in [0.3, 0.4) is 0 Å². The van der Waals surface area contributed by atoms with E-state index in [2.05, 4.69) is 36.6 Å². The van der Waals surface area contributed by atoms with Gasteiger partial charge in [0, 0.05) is 11.1 Å². The lowest BCUT2D eigenvalue weighted by Crippen LogP contribution is -2.35. The fraction of sp³-hybridized carbons (Fsp3) is 0.500. The summed E-state index contributed by atoms with van der Waals surface area (Å²) in [6.45, 7) is 2.29. The van der Waals surface area contributed by atoms with Crippen LogP contribution in [0.2, 0.25) is 0 Å². The van der Waals surface area contributed by atoms with Gasteiger partial charge in [-0.25, -0.2) is 0 Å². The molecule has 0 spiro atoms. The van der Waals surface area contributed by atoms with E-state index in [1.54, 1.807) is 11.3 Å². The molecule has 3 rings (SSSR count). The second-order valence-electron chi connectivity index (χ2n) is 5.84. The second-order valence-corrected chi connectivity index (χ2v) is 6.75. The van der Waals surface area contributed by atoms with E-state index in [1.807, 2.05) is 0 Å². The maximum atomic E-state index is 10.7. The highest BCUT2D eigenvalue weighted by Crippen LogP contribution is 2.37. The SMILES string of the molecule is CC1CCC(O)(Cc2csc3ccccc23)CC1.